The summed E-state index contributed by atoms with van der Waals surface area (Å²) in [7, 11) is -4.17. The summed E-state index contributed by atoms with van der Waals surface area (Å²) < 4.78 is 66.9. The smallest absolute Gasteiger partial charge is 0.336 e. The molecule has 0 unspecified atom stereocenters. The SMILES string of the molecule is O=C(c1ccc2ncsc2c1)N1CCN(S(=O)(=O)c2ccc(Cl)c(C(F)(F)F)c2)CC1. The van der Waals surface area contributed by atoms with Gasteiger partial charge in [-0.1, -0.05) is 11.6 Å². The second-order valence-electron chi connectivity index (χ2n) is 6.87. The molecule has 3 aromatic rings. The number of alkyl halides is 3. The van der Waals surface area contributed by atoms with Gasteiger partial charge in [0.25, 0.3) is 5.91 Å². The van der Waals surface area contributed by atoms with E-state index in [2.05, 4.69) is 4.98 Å². The fourth-order valence-electron chi connectivity index (χ4n) is 3.33. The van der Waals surface area contributed by atoms with Crippen molar-refractivity contribution in [3.8, 4) is 0 Å². The molecular weight excluding hydrogens is 475 g/mol. The fourth-order valence-corrected chi connectivity index (χ4v) is 5.72. The molecule has 0 bridgehead atoms. The molecule has 1 amide bonds. The summed E-state index contributed by atoms with van der Waals surface area (Å²) in [5.74, 6) is -0.238. The first kappa shape index (κ1) is 22.0. The van der Waals surface area contributed by atoms with Crippen molar-refractivity contribution < 1.29 is 26.4 Å². The van der Waals surface area contributed by atoms with Gasteiger partial charge in [-0.25, -0.2) is 13.4 Å². The van der Waals surface area contributed by atoms with Crippen LogP contribution >= 0.6 is 22.9 Å². The number of hydrogen-bond acceptors (Lipinski definition) is 5. The Morgan fingerprint density at radius 2 is 1.77 bits per heavy atom. The Kier molecular flexibility index (Phi) is 5.71. The van der Waals surface area contributed by atoms with E-state index in [0.29, 0.717) is 11.6 Å². The highest BCUT2D eigenvalue weighted by Gasteiger charge is 2.36. The molecule has 0 saturated carbocycles. The molecule has 0 aliphatic carbocycles. The van der Waals surface area contributed by atoms with Gasteiger partial charge < -0.3 is 4.90 Å². The number of amides is 1. The first-order valence-corrected chi connectivity index (χ1v) is 11.8. The largest absolute Gasteiger partial charge is 0.417 e. The minimum Gasteiger partial charge on any atom is -0.336 e. The zero-order chi connectivity index (χ0) is 22.4. The lowest BCUT2D eigenvalue weighted by molar-refractivity contribution is -0.137. The molecule has 6 nitrogen and oxygen atoms in total. The average molecular weight is 490 g/mol. The topological polar surface area (TPSA) is 70.6 Å². The van der Waals surface area contributed by atoms with Gasteiger partial charge in [0.1, 0.15) is 0 Å². The highest BCUT2D eigenvalue weighted by molar-refractivity contribution is 7.89. The van der Waals surface area contributed by atoms with Gasteiger partial charge in [0.2, 0.25) is 10.0 Å². The van der Waals surface area contributed by atoms with Crippen LogP contribution in [0, 0.1) is 0 Å². The van der Waals surface area contributed by atoms with Gasteiger partial charge >= 0.3 is 6.18 Å². The quantitative estimate of drug-likeness (QED) is 0.555. The number of rotatable bonds is 3. The number of piperazine rings is 1. The molecule has 2 heterocycles. The summed E-state index contributed by atoms with van der Waals surface area (Å²) in [4.78, 5) is 18.0. The van der Waals surface area contributed by atoms with Crippen LogP contribution in [0.4, 0.5) is 13.2 Å². The molecule has 12 heteroatoms. The number of nitrogens with zero attached hydrogens (tertiary/aromatic N) is 3. The van der Waals surface area contributed by atoms with Crippen molar-refractivity contribution in [1.29, 1.82) is 0 Å². The first-order chi connectivity index (χ1) is 14.6. The van der Waals surface area contributed by atoms with Crippen LogP contribution in [0.15, 0.2) is 46.8 Å². The van der Waals surface area contributed by atoms with Crippen molar-refractivity contribution in [3.05, 3.63) is 58.1 Å². The van der Waals surface area contributed by atoms with Gasteiger partial charge in [0, 0.05) is 31.7 Å². The number of carbonyl (C=O) groups is 1. The van der Waals surface area contributed by atoms with Crippen LogP contribution in [0.1, 0.15) is 15.9 Å². The summed E-state index contributed by atoms with van der Waals surface area (Å²) in [6.45, 7) is 0.193. The molecule has 0 radical (unpaired) electrons. The maximum absolute atomic E-state index is 13.1. The molecule has 0 spiro atoms. The van der Waals surface area contributed by atoms with E-state index in [1.165, 1.54) is 16.2 Å². The highest BCUT2D eigenvalue weighted by Crippen LogP contribution is 2.36. The fraction of sp³-hybridized carbons (Fsp3) is 0.263. The van der Waals surface area contributed by atoms with Crippen LogP contribution < -0.4 is 0 Å². The summed E-state index contributed by atoms with van der Waals surface area (Å²) >= 11 is 6.99. The van der Waals surface area contributed by atoms with Crippen LogP contribution in [-0.2, 0) is 16.2 Å². The Balaban J connectivity index is 1.49. The number of aromatic nitrogens is 1. The van der Waals surface area contributed by atoms with Gasteiger partial charge in [-0.15, -0.1) is 11.3 Å². The monoisotopic (exact) mass is 489 g/mol. The molecular formula is C19H15ClF3N3O3S2. The van der Waals surface area contributed by atoms with E-state index in [-0.39, 0.29) is 32.1 Å². The third kappa shape index (κ3) is 4.27. The molecule has 31 heavy (non-hydrogen) atoms. The van der Waals surface area contributed by atoms with E-state index in [0.717, 1.165) is 26.7 Å². The molecule has 1 aromatic heterocycles. The van der Waals surface area contributed by atoms with Crippen LogP contribution in [0.5, 0.6) is 0 Å². The summed E-state index contributed by atoms with van der Waals surface area (Å²) in [6.07, 6.45) is -4.77. The molecule has 1 aliphatic rings. The Hall–Kier alpha value is -2.21. The van der Waals surface area contributed by atoms with Crippen molar-refractivity contribution in [3.63, 3.8) is 0 Å². The van der Waals surface area contributed by atoms with Gasteiger partial charge in [-0.2, -0.15) is 17.5 Å². The predicted octanol–water partition coefficient (Wildman–Crippen LogP) is 4.12. The number of fused-ring (bicyclic) bond motifs is 1. The third-order valence-electron chi connectivity index (χ3n) is 4.99. The number of benzene rings is 2. The second kappa shape index (κ2) is 8.05. The number of sulfonamides is 1. The molecule has 1 saturated heterocycles. The zero-order valence-corrected chi connectivity index (χ0v) is 18.2. The van der Waals surface area contributed by atoms with Crippen molar-refractivity contribution in [1.82, 2.24) is 14.2 Å². The van der Waals surface area contributed by atoms with E-state index in [1.807, 2.05) is 0 Å². The number of carbonyl (C=O) groups excluding carboxylic acids is 1. The minimum atomic E-state index is -4.77. The van der Waals surface area contributed by atoms with E-state index >= 15 is 0 Å². The van der Waals surface area contributed by atoms with E-state index in [4.69, 9.17) is 11.6 Å². The molecule has 4 rings (SSSR count). The highest BCUT2D eigenvalue weighted by atomic mass is 35.5. The lowest BCUT2D eigenvalue weighted by Gasteiger charge is -2.34. The van der Waals surface area contributed by atoms with Crippen molar-refractivity contribution in [2.24, 2.45) is 0 Å². The van der Waals surface area contributed by atoms with Crippen molar-refractivity contribution in [2.75, 3.05) is 26.2 Å². The van der Waals surface area contributed by atoms with E-state index in [1.54, 1.807) is 23.7 Å². The molecule has 0 N–H and O–H groups in total. The van der Waals surface area contributed by atoms with Gasteiger partial charge in [0.15, 0.2) is 0 Å². The minimum absolute atomic E-state index is 0.0269. The zero-order valence-electron chi connectivity index (χ0n) is 15.8. The number of halogens is 4. The van der Waals surface area contributed by atoms with Crippen molar-refractivity contribution in [2.45, 2.75) is 11.1 Å². The Labute approximate surface area is 184 Å². The second-order valence-corrected chi connectivity index (χ2v) is 10.1. The molecule has 1 aliphatic heterocycles. The Morgan fingerprint density at radius 3 is 2.45 bits per heavy atom. The predicted molar refractivity (Wildman–Crippen MR) is 111 cm³/mol. The van der Waals surface area contributed by atoms with E-state index < -0.39 is 31.7 Å². The molecule has 164 valence electrons. The maximum atomic E-state index is 13.1. The summed E-state index contributed by atoms with van der Waals surface area (Å²) in [6, 6.07) is 7.67. The van der Waals surface area contributed by atoms with Gasteiger partial charge in [-0.3, -0.25) is 4.79 Å². The molecule has 1 fully saturated rings. The maximum Gasteiger partial charge on any atom is 0.417 e. The van der Waals surface area contributed by atoms with Crippen LogP contribution in [-0.4, -0.2) is 54.7 Å². The average Bonchev–Trinajstić information content (AvgIpc) is 3.20. The van der Waals surface area contributed by atoms with Gasteiger partial charge in [0.05, 0.1) is 31.2 Å². The lowest BCUT2D eigenvalue weighted by atomic mass is 10.2. The normalized spacial score (nSPS) is 16.1. The Bertz CT molecular complexity index is 1250. The summed E-state index contributed by atoms with van der Waals surface area (Å²) in [5, 5.41) is -0.570. The van der Waals surface area contributed by atoms with Crippen LogP contribution in [0.25, 0.3) is 10.2 Å². The van der Waals surface area contributed by atoms with Gasteiger partial charge in [-0.05, 0) is 36.4 Å². The molecule has 0 atom stereocenters. The Morgan fingerprint density at radius 1 is 1.06 bits per heavy atom. The van der Waals surface area contributed by atoms with Crippen LogP contribution in [0.3, 0.4) is 0 Å². The molecule has 2 aromatic carbocycles. The summed E-state index contributed by atoms with van der Waals surface area (Å²) in [5.41, 5.74) is 1.74. The number of thiazole rings is 1. The van der Waals surface area contributed by atoms with Crippen molar-refractivity contribution >= 4 is 49.1 Å². The first-order valence-electron chi connectivity index (χ1n) is 9.07. The number of hydrogen-bond donors (Lipinski definition) is 0. The van der Waals surface area contributed by atoms with Crippen LogP contribution in [0.2, 0.25) is 5.02 Å². The standard InChI is InChI=1S/C19H15ClF3N3O3S2/c20-15-3-2-13(10-14(15)19(21,22)23)31(28,29)26-7-5-25(6-8-26)18(27)12-1-4-16-17(9-12)30-11-24-16/h1-4,9-11H,5-8H2. The van der Waals surface area contributed by atoms with E-state index in [9.17, 15) is 26.4 Å². The lowest BCUT2D eigenvalue weighted by Crippen LogP contribution is -2.50. The third-order valence-corrected chi connectivity index (χ3v) is 8.00.